The molecule has 0 saturated carbocycles. The summed E-state index contributed by atoms with van der Waals surface area (Å²) in [5, 5.41) is 2.84. The normalized spacial score (nSPS) is 10.0. The van der Waals surface area contributed by atoms with Crippen molar-refractivity contribution in [2.45, 2.75) is 0 Å². The molecule has 0 atom stereocenters. The Balaban J connectivity index is 2.17. The predicted octanol–water partition coefficient (Wildman–Crippen LogP) is 2.54. The van der Waals surface area contributed by atoms with E-state index in [0.29, 0.717) is 10.3 Å². The summed E-state index contributed by atoms with van der Waals surface area (Å²) in [4.78, 5) is 23.4. The second-order valence-corrected chi connectivity index (χ2v) is 4.25. The monoisotopic (exact) mass is 312 g/mol. The third kappa shape index (κ3) is 2.98. The lowest BCUT2D eigenvalue weighted by Gasteiger charge is -2.04. The summed E-state index contributed by atoms with van der Waals surface area (Å²) < 4.78 is 0.690. The van der Waals surface area contributed by atoms with Crippen LogP contribution in [-0.4, -0.2) is 20.9 Å². The van der Waals surface area contributed by atoms with E-state index >= 15 is 0 Å². The molecule has 0 radical (unpaired) electrons. The first-order chi connectivity index (χ1) is 8.16. The number of halogens is 2. The average molecular weight is 314 g/mol. The smallest absolute Gasteiger partial charge is 0.277 e. The van der Waals surface area contributed by atoms with Crippen molar-refractivity contribution in [3.05, 3.63) is 46.0 Å². The number of pyridine rings is 1. The topological polar surface area (TPSA) is 67.8 Å². The van der Waals surface area contributed by atoms with Crippen LogP contribution in [0.15, 0.2) is 35.2 Å². The molecule has 0 aliphatic rings. The van der Waals surface area contributed by atoms with Gasteiger partial charge in [0.1, 0.15) is 16.7 Å². The maximum Gasteiger partial charge on any atom is 0.277 e. The Bertz CT molecular complexity index is 546. The minimum absolute atomic E-state index is 0.173. The number of carbonyl (C=O) groups excluding carboxylic acids is 1. The summed E-state index contributed by atoms with van der Waals surface area (Å²) in [5.74, 6) is 0.0304. The van der Waals surface area contributed by atoms with E-state index in [1.54, 1.807) is 18.3 Å². The molecule has 0 spiro atoms. The number of carbonyl (C=O) groups is 1. The SMILES string of the molecule is O=C(Nc1ncccc1Br)c1cnc(Cl)cn1. The number of nitrogens with one attached hydrogen (secondary N) is 1. The zero-order valence-electron chi connectivity index (χ0n) is 8.39. The van der Waals surface area contributed by atoms with Gasteiger partial charge < -0.3 is 5.32 Å². The summed E-state index contributed by atoms with van der Waals surface area (Å²) in [6.45, 7) is 0. The molecular formula is C10H6BrClN4O. The van der Waals surface area contributed by atoms with Gasteiger partial charge in [-0.05, 0) is 28.1 Å². The fraction of sp³-hybridized carbons (Fsp3) is 0. The van der Waals surface area contributed by atoms with E-state index in [9.17, 15) is 4.79 Å². The number of rotatable bonds is 2. The maximum atomic E-state index is 11.8. The van der Waals surface area contributed by atoms with E-state index in [2.05, 4.69) is 36.2 Å². The molecule has 2 heterocycles. The van der Waals surface area contributed by atoms with Gasteiger partial charge in [-0.3, -0.25) is 4.79 Å². The summed E-state index contributed by atoms with van der Waals surface area (Å²) in [7, 11) is 0. The van der Waals surface area contributed by atoms with Crippen LogP contribution in [0.1, 0.15) is 10.5 Å². The van der Waals surface area contributed by atoms with E-state index in [1.807, 2.05) is 0 Å². The number of hydrogen-bond donors (Lipinski definition) is 1. The molecular weight excluding hydrogens is 307 g/mol. The molecule has 0 aliphatic heterocycles. The molecule has 86 valence electrons. The molecule has 1 N–H and O–H groups in total. The standard InChI is InChI=1S/C10H6BrClN4O/c11-6-2-1-3-13-9(6)16-10(17)7-4-15-8(12)5-14-7/h1-5H,(H,13,16,17). The van der Waals surface area contributed by atoms with Gasteiger partial charge in [-0.15, -0.1) is 0 Å². The van der Waals surface area contributed by atoms with Gasteiger partial charge in [0, 0.05) is 6.20 Å². The zero-order chi connectivity index (χ0) is 12.3. The predicted molar refractivity (Wildman–Crippen MR) is 66.9 cm³/mol. The van der Waals surface area contributed by atoms with E-state index < -0.39 is 5.91 Å². The number of anilines is 1. The zero-order valence-corrected chi connectivity index (χ0v) is 10.7. The van der Waals surface area contributed by atoms with Gasteiger partial charge in [0.2, 0.25) is 0 Å². The fourth-order valence-electron chi connectivity index (χ4n) is 1.08. The van der Waals surface area contributed by atoms with Crippen molar-refractivity contribution in [1.82, 2.24) is 15.0 Å². The summed E-state index contributed by atoms with van der Waals surface area (Å²) in [6.07, 6.45) is 4.19. The Hall–Kier alpha value is -1.53. The Morgan fingerprint density at radius 2 is 2.12 bits per heavy atom. The van der Waals surface area contributed by atoms with Crippen molar-refractivity contribution in [1.29, 1.82) is 0 Å². The molecule has 1 amide bonds. The lowest BCUT2D eigenvalue weighted by molar-refractivity contribution is 0.102. The summed E-state index contributed by atoms with van der Waals surface area (Å²) in [5.41, 5.74) is 0.173. The Morgan fingerprint density at radius 3 is 2.76 bits per heavy atom. The molecule has 5 nitrogen and oxygen atoms in total. The molecule has 2 aromatic rings. The van der Waals surface area contributed by atoms with E-state index in [1.165, 1.54) is 12.4 Å². The number of aromatic nitrogens is 3. The van der Waals surface area contributed by atoms with Crippen molar-refractivity contribution in [3.8, 4) is 0 Å². The lowest BCUT2D eigenvalue weighted by atomic mass is 10.4. The largest absolute Gasteiger partial charge is 0.304 e. The Labute approximate surface area is 110 Å². The van der Waals surface area contributed by atoms with E-state index in [0.717, 1.165) is 0 Å². The fourth-order valence-corrected chi connectivity index (χ4v) is 1.53. The highest BCUT2D eigenvalue weighted by Crippen LogP contribution is 2.18. The Kier molecular flexibility index (Phi) is 3.65. The van der Waals surface area contributed by atoms with Crippen molar-refractivity contribution in [2.24, 2.45) is 0 Å². The Morgan fingerprint density at radius 1 is 1.29 bits per heavy atom. The minimum atomic E-state index is -0.395. The quantitative estimate of drug-likeness (QED) is 0.925. The third-order valence-corrected chi connectivity index (χ3v) is 2.68. The van der Waals surface area contributed by atoms with Crippen LogP contribution in [0.4, 0.5) is 5.82 Å². The first-order valence-corrected chi connectivity index (χ1v) is 5.73. The minimum Gasteiger partial charge on any atom is -0.304 e. The van der Waals surface area contributed by atoms with Crippen LogP contribution in [0.25, 0.3) is 0 Å². The van der Waals surface area contributed by atoms with Crippen molar-refractivity contribution < 1.29 is 4.79 Å². The molecule has 0 bridgehead atoms. The van der Waals surface area contributed by atoms with Crippen LogP contribution >= 0.6 is 27.5 Å². The molecule has 2 rings (SSSR count). The molecule has 0 saturated heterocycles. The van der Waals surface area contributed by atoms with Gasteiger partial charge in [-0.1, -0.05) is 11.6 Å². The van der Waals surface area contributed by atoms with Crippen molar-refractivity contribution in [3.63, 3.8) is 0 Å². The maximum absolute atomic E-state index is 11.8. The van der Waals surface area contributed by atoms with Crippen LogP contribution in [0.3, 0.4) is 0 Å². The van der Waals surface area contributed by atoms with Crippen LogP contribution < -0.4 is 5.32 Å². The lowest BCUT2D eigenvalue weighted by Crippen LogP contribution is -2.15. The van der Waals surface area contributed by atoms with Gasteiger partial charge in [0.25, 0.3) is 5.91 Å². The van der Waals surface area contributed by atoms with Crippen molar-refractivity contribution >= 4 is 39.3 Å². The van der Waals surface area contributed by atoms with E-state index in [4.69, 9.17) is 11.6 Å². The highest BCUT2D eigenvalue weighted by Gasteiger charge is 2.10. The van der Waals surface area contributed by atoms with Gasteiger partial charge in [0.15, 0.2) is 0 Å². The highest BCUT2D eigenvalue weighted by atomic mass is 79.9. The van der Waals surface area contributed by atoms with Gasteiger partial charge in [-0.25, -0.2) is 15.0 Å². The molecule has 7 heteroatoms. The third-order valence-electron chi connectivity index (χ3n) is 1.84. The second kappa shape index (κ2) is 5.20. The van der Waals surface area contributed by atoms with Gasteiger partial charge in [0.05, 0.1) is 16.9 Å². The molecule has 0 unspecified atom stereocenters. The summed E-state index contributed by atoms with van der Waals surface area (Å²) >= 11 is 8.85. The highest BCUT2D eigenvalue weighted by molar-refractivity contribution is 9.10. The molecule has 0 aromatic carbocycles. The van der Waals surface area contributed by atoms with Gasteiger partial charge in [-0.2, -0.15) is 0 Å². The number of hydrogen-bond acceptors (Lipinski definition) is 4. The average Bonchev–Trinajstić information content (AvgIpc) is 2.33. The molecule has 2 aromatic heterocycles. The first-order valence-electron chi connectivity index (χ1n) is 4.56. The number of nitrogens with zero attached hydrogens (tertiary/aromatic N) is 3. The second-order valence-electron chi connectivity index (χ2n) is 3.01. The molecule has 17 heavy (non-hydrogen) atoms. The van der Waals surface area contributed by atoms with Gasteiger partial charge >= 0.3 is 0 Å². The van der Waals surface area contributed by atoms with E-state index in [-0.39, 0.29) is 10.8 Å². The van der Waals surface area contributed by atoms with Crippen LogP contribution in [0.2, 0.25) is 5.15 Å². The number of amides is 1. The summed E-state index contributed by atoms with van der Waals surface area (Å²) in [6, 6.07) is 3.53. The van der Waals surface area contributed by atoms with Crippen LogP contribution in [0, 0.1) is 0 Å². The van der Waals surface area contributed by atoms with Crippen LogP contribution in [-0.2, 0) is 0 Å². The van der Waals surface area contributed by atoms with Crippen LogP contribution in [0.5, 0.6) is 0 Å². The van der Waals surface area contributed by atoms with Crippen molar-refractivity contribution in [2.75, 3.05) is 5.32 Å². The first kappa shape index (κ1) is 11.9. The molecule has 0 aliphatic carbocycles. The molecule has 0 fully saturated rings.